The Hall–Kier alpha value is -0.930. The molecule has 0 aliphatic carbocycles. The Morgan fingerprint density at radius 1 is 1.47 bits per heavy atom. The summed E-state index contributed by atoms with van der Waals surface area (Å²) in [6.45, 7) is 6.75. The van der Waals surface area contributed by atoms with E-state index in [1.54, 1.807) is 0 Å². The first-order valence-electron chi connectivity index (χ1n) is 5.56. The summed E-state index contributed by atoms with van der Waals surface area (Å²) in [5, 5.41) is 3.42. The van der Waals surface area contributed by atoms with Crippen LogP contribution in [0.15, 0.2) is 24.4 Å². The van der Waals surface area contributed by atoms with Gasteiger partial charge >= 0.3 is 0 Å². The van der Waals surface area contributed by atoms with E-state index in [0.29, 0.717) is 6.04 Å². The Kier molecular flexibility index (Phi) is 5.97. The van der Waals surface area contributed by atoms with E-state index in [4.69, 9.17) is 4.74 Å². The first kappa shape index (κ1) is 12.1. The fourth-order valence-corrected chi connectivity index (χ4v) is 1.37. The van der Waals surface area contributed by atoms with E-state index in [-0.39, 0.29) is 0 Å². The molecule has 3 nitrogen and oxygen atoms in total. The highest BCUT2D eigenvalue weighted by atomic mass is 16.5. The Labute approximate surface area is 91.9 Å². The van der Waals surface area contributed by atoms with E-state index in [1.807, 2.05) is 31.3 Å². The molecule has 0 saturated heterocycles. The molecule has 0 spiro atoms. The van der Waals surface area contributed by atoms with Gasteiger partial charge in [-0.05, 0) is 38.9 Å². The van der Waals surface area contributed by atoms with Crippen molar-refractivity contribution in [3.8, 4) is 0 Å². The summed E-state index contributed by atoms with van der Waals surface area (Å²) >= 11 is 0. The second-order valence-electron chi connectivity index (χ2n) is 3.48. The summed E-state index contributed by atoms with van der Waals surface area (Å²) in [6, 6.07) is 6.31. The zero-order valence-corrected chi connectivity index (χ0v) is 9.57. The zero-order chi connectivity index (χ0) is 10.9. The fourth-order valence-electron chi connectivity index (χ4n) is 1.37. The van der Waals surface area contributed by atoms with Crippen molar-refractivity contribution >= 4 is 0 Å². The maximum atomic E-state index is 5.27. The van der Waals surface area contributed by atoms with Crippen LogP contribution in [-0.2, 0) is 4.74 Å². The van der Waals surface area contributed by atoms with Crippen molar-refractivity contribution in [1.82, 2.24) is 10.3 Å². The highest BCUT2D eigenvalue weighted by Crippen LogP contribution is 2.07. The Bertz CT molecular complexity index is 251. The minimum atomic E-state index is 0.313. The molecule has 0 saturated carbocycles. The Morgan fingerprint density at radius 2 is 2.33 bits per heavy atom. The number of hydrogen-bond donors (Lipinski definition) is 1. The van der Waals surface area contributed by atoms with Crippen LogP contribution in [0.4, 0.5) is 0 Å². The number of nitrogens with one attached hydrogen (secondary N) is 1. The van der Waals surface area contributed by atoms with Crippen LogP contribution in [0.25, 0.3) is 0 Å². The summed E-state index contributed by atoms with van der Waals surface area (Å²) in [6.07, 6.45) is 2.87. The van der Waals surface area contributed by atoms with E-state index in [0.717, 1.165) is 31.9 Å². The van der Waals surface area contributed by atoms with Crippen molar-refractivity contribution in [2.75, 3.05) is 19.8 Å². The van der Waals surface area contributed by atoms with E-state index in [1.165, 1.54) is 0 Å². The summed E-state index contributed by atoms with van der Waals surface area (Å²) < 4.78 is 5.27. The van der Waals surface area contributed by atoms with Gasteiger partial charge in [0.2, 0.25) is 0 Å². The fraction of sp³-hybridized carbons (Fsp3) is 0.583. The number of ether oxygens (including phenoxy) is 1. The smallest absolute Gasteiger partial charge is 0.0570 e. The molecule has 0 amide bonds. The lowest BCUT2D eigenvalue weighted by molar-refractivity contribution is 0.144. The van der Waals surface area contributed by atoms with Gasteiger partial charge in [0.15, 0.2) is 0 Å². The Morgan fingerprint density at radius 3 is 3.00 bits per heavy atom. The second kappa shape index (κ2) is 7.37. The summed E-state index contributed by atoms with van der Waals surface area (Å²) in [7, 11) is 0. The van der Waals surface area contributed by atoms with Crippen LogP contribution in [0.5, 0.6) is 0 Å². The van der Waals surface area contributed by atoms with Crippen LogP contribution < -0.4 is 5.32 Å². The number of pyridine rings is 1. The van der Waals surface area contributed by atoms with Crippen LogP contribution in [0.1, 0.15) is 32.0 Å². The number of rotatable bonds is 7. The largest absolute Gasteiger partial charge is 0.382 e. The highest BCUT2D eigenvalue weighted by Gasteiger charge is 2.03. The quantitative estimate of drug-likeness (QED) is 0.697. The van der Waals surface area contributed by atoms with Crippen LogP contribution in [0.2, 0.25) is 0 Å². The molecule has 0 radical (unpaired) electrons. The minimum absolute atomic E-state index is 0.313. The van der Waals surface area contributed by atoms with Crippen LogP contribution in [0.3, 0.4) is 0 Å². The monoisotopic (exact) mass is 208 g/mol. The number of nitrogens with zero attached hydrogens (tertiary/aromatic N) is 1. The van der Waals surface area contributed by atoms with Crippen molar-refractivity contribution in [2.24, 2.45) is 0 Å². The molecule has 1 unspecified atom stereocenters. The van der Waals surface area contributed by atoms with Gasteiger partial charge in [-0.3, -0.25) is 4.98 Å². The van der Waals surface area contributed by atoms with Crippen molar-refractivity contribution in [1.29, 1.82) is 0 Å². The van der Waals surface area contributed by atoms with Crippen molar-refractivity contribution in [3.63, 3.8) is 0 Å². The molecule has 15 heavy (non-hydrogen) atoms. The van der Waals surface area contributed by atoms with Gasteiger partial charge in [-0.2, -0.15) is 0 Å². The average Bonchev–Trinajstić information content (AvgIpc) is 2.30. The van der Waals surface area contributed by atoms with Gasteiger partial charge < -0.3 is 10.1 Å². The molecule has 1 aromatic heterocycles. The molecule has 0 aromatic carbocycles. The van der Waals surface area contributed by atoms with E-state index in [2.05, 4.69) is 17.2 Å². The zero-order valence-electron chi connectivity index (χ0n) is 9.57. The molecule has 0 fully saturated rings. The maximum absolute atomic E-state index is 5.27. The van der Waals surface area contributed by atoms with Gasteiger partial charge in [0.05, 0.1) is 5.69 Å². The number of aromatic nitrogens is 1. The molecule has 1 N–H and O–H groups in total. The molecule has 84 valence electrons. The lowest BCUT2D eigenvalue weighted by Gasteiger charge is -2.12. The van der Waals surface area contributed by atoms with Crippen molar-refractivity contribution in [2.45, 2.75) is 26.3 Å². The van der Waals surface area contributed by atoms with E-state index in [9.17, 15) is 0 Å². The maximum Gasteiger partial charge on any atom is 0.0570 e. The molecule has 1 atom stereocenters. The minimum Gasteiger partial charge on any atom is -0.382 e. The first-order chi connectivity index (χ1) is 7.34. The number of hydrogen-bond acceptors (Lipinski definition) is 3. The Balaban J connectivity index is 2.16. The third-order valence-electron chi connectivity index (χ3n) is 2.25. The van der Waals surface area contributed by atoms with Crippen LogP contribution >= 0.6 is 0 Å². The molecule has 0 aliphatic heterocycles. The van der Waals surface area contributed by atoms with Crippen molar-refractivity contribution in [3.05, 3.63) is 30.1 Å². The third-order valence-corrected chi connectivity index (χ3v) is 2.25. The van der Waals surface area contributed by atoms with Gasteiger partial charge in [-0.15, -0.1) is 0 Å². The SMILES string of the molecule is CCOCCCNC(C)c1ccccn1. The molecule has 1 rings (SSSR count). The predicted molar refractivity (Wildman–Crippen MR) is 61.8 cm³/mol. The third kappa shape index (κ3) is 4.91. The summed E-state index contributed by atoms with van der Waals surface area (Å²) in [4.78, 5) is 4.30. The van der Waals surface area contributed by atoms with Crippen LogP contribution in [0, 0.1) is 0 Å². The molecular formula is C12H20N2O. The second-order valence-corrected chi connectivity index (χ2v) is 3.48. The van der Waals surface area contributed by atoms with Gasteiger partial charge in [-0.25, -0.2) is 0 Å². The van der Waals surface area contributed by atoms with Gasteiger partial charge in [0.1, 0.15) is 0 Å². The molecule has 3 heteroatoms. The van der Waals surface area contributed by atoms with E-state index >= 15 is 0 Å². The molecule has 1 aromatic rings. The predicted octanol–water partition coefficient (Wildman–Crippen LogP) is 2.16. The summed E-state index contributed by atoms with van der Waals surface area (Å²) in [5.41, 5.74) is 1.09. The van der Waals surface area contributed by atoms with E-state index < -0.39 is 0 Å². The molecule has 0 bridgehead atoms. The molecule has 0 aliphatic rings. The molecular weight excluding hydrogens is 188 g/mol. The van der Waals surface area contributed by atoms with Crippen LogP contribution in [-0.4, -0.2) is 24.7 Å². The average molecular weight is 208 g/mol. The van der Waals surface area contributed by atoms with Gasteiger partial charge in [-0.1, -0.05) is 6.07 Å². The normalized spacial score (nSPS) is 12.7. The van der Waals surface area contributed by atoms with Gasteiger partial charge in [0.25, 0.3) is 0 Å². The lowest BCUT2D eigenvalue weighted by Crippen LogP contribution is -2.21. The van der Waals surface area contributed by atoms with Gasteiger partial charge in [0, 0.05) is 25.5 Å². The topological polar surface area (TPSA) is 34.1 Å². The first-order valence-corrected chi connectivity index (χ1v) is 5.56. The molecule has 1 heterocycles. The highest BCUT2D eigenvalue weighted by molar-refractivity contribution is 5.07. The standard InChI is InChI=1S/C12H20N2O/c1-3-15-10-6-9-13-11(2)12-7-4-5-8-14-12/h4-5,7-8,11,13H,3,6,9-10H2,1-2H3. The van der Waals surface area contributed by atoms with Crippen molar-refractivity contribution < 1.29 is 4.74 Å². The lowest BCUT2D eigenvalue weighted by atomic mass is 10.2. The summed E-state index contributed by atoms with van der Waals surface area (Å²) in [5.74, 6) is 0.